The highest BCUT2D eigenvalue weighted by atomic mass is 16.4. The number of carbonyl (C=O) groups excluding carboxylic acids is 1. The molecule has 0 aromatic carbocycles. The van der Waals surface area contributed by atoms with Gasteiger partial charge in [0.2, 0.25) is 0 Å². The maximum Gasteiger partial charge on any atom is 0.0476 e. The third kappa shape index (κ3) is 3.52. The molecule has 82 valence electrons. The number of aliphatic carboxylic acids is 1. The van der Waals surface area contributed by atoms with E-state index in [4.69, 9.17) is 0 Å². The van der Waals surface area contributed by atoms with Gasteiger partial charge in [-0.1, -0.05) is 32.9 Å². The molecule has 0 unspecified atom stereocenters. The summed E-state index contributed by atoms with van der Waals surface area (Å²) in [5.74, 6) is -0.896. The van der Waals surface area contributed by atoms with Crippen molar-refractivity contribution >= 4 is 5.97 Å². The average Bonchev–Trinajstić information content (AvgIpc) is 2.18. The van der Waals surface area contributed by atoms with Gasteiger partial charge in [-0.2, -0.15) is 0 Å². The van der Waals surface area contributed by atoms with Crippen molar-refractivity contribution in [3.05, 3.63) is 12.2 Å². The molecule has 0 spiro atoms. The van der Waals surface area contributed by atoms with Gasteiger partial charge in [0.1, 0.15) is 0 Å². The molecule has 0 fully saturated rings. The van der Waals surface area contributed by atoms with Gasteiger partial charge in [0.05, 0.1) is 0 Å². The molecule has 2 heteroatoms. The first-order valence-corrected chi connectivity index (χ1v) is 5.49. The van der Waals surface area contributed by atoms with Gasteiger partial charge in [0, 0.05) is 11.4 Å². The lowest BCUT2D eigenvalue weighted by molar-refractivity contribution is -0.320. The molecule has 0 radical (unpaired) electrons. The summed E-state index contributed by atoms with van der Waals surface area (Å²) < 4.78 is 0. The van der Waals surface area contributed by atoms with Gasteiger partial charge in [-0.25, -0.2) is 0 Å². The Labute approximate surface area is 87.0 Å². The van der Waals surface area contributed by atoms with Gasteiger partial charge < -0.3 is 9.90 Å². The van der Waals surface area contributed by atoms with Crippen molar-refractivity contribution in [1.29, 1.82) is 0 Å². The van der Waals surface area contributed by atoms with Crippen molar-refractivity contribution in [3.8, 4) is 0 Å². The smallest absolute Gasteiger partial charge is 0.0476 e. The second kappa shape index (κ2) is 6.63. The molecule has 0 aromatic rings. The SMILES string of the molecule is CCC=CCCC(CC)(CC)C(=O)[O-]. The van der Waals surface area contributed by atoms with Crippen LogP contribution in [0.25, 0.3) is 0 Å². The topological polar surface area (TPSA) is 40.1 Å². The molecule has 0 saturated heterocycles. The number of carboxylic acids is 1. The number of carboxylic acid groups (broad SMARTS) is 1. The highest BCUT2D eigenvalue weighted by Gasteiger charge is 2.26. The van der Waals surface area contributed by atoms with Gasteiger partial charge in [-0.15, -0.1) is 0 Å². The van der Waals surface area contributed by atoms with E-state index >= 15 is 0 Å². The Kier molecular flexibility index (Phi) is 6.26. The first-order valence-electron chi connectivity index (χ1n) is 5.49. The zero-order valence-corrected chi connectivity index (χ0v) is 9.51. The molecule has 0 aliphatic carbocycles. The first-order chi connectivity index (χ1) is 6.63. The van der Waals surface area contributed by atoms with Crippen LogP contribution in [-0.4, -0.2) is 5.97 Å². The van der Waals surface area contributed by atoms with Crippen LogP contribution < -0.4 is 5.11 Å². The summed E-state index contributed by atoms with van der Waals surface area (Å²) in [6.45, 7) is 5.91. The summed E-state index contributed by atoms with van der Waals surface area (Å²) in [6.07, 6.45) is 7.99. The van der Waals surface area contributed by atoms with E-state index in [0.29, 0.717) is 19.3 Å². The van der Waals surface area contributed by atoms with Gasteiger partial charge in [0.25, 0.3) is 0 Å². The van der Waals surface area contributed by atoms with E-state index < -0.39 is 11.4 Å². The van der Waals surface area contributed by atoms with Crippen LogP contribution in [0, 0.1) is 5.41 Å². The minimum Gasteiger partial charge on any atom is -0.550 e. The maximum absolute atomic E-state index is 11.0. The molecule has 0 saturated carbocycles. The molecule has 0 aliphatic heterocycles. The molecule has 0 aromatic heterocycles. The van der Waals surface area contributed by atoms with Crippen LogP contribution in [0.15, 0.2) is 12.2 Å². The van der Waals surface area contributed by atoms with Crippen molar-refractivity contribution in [2.24, 2.45) is 5.41 Å². The van der Waals surface area contributed by atoms with Crippen LogP contribution in [0.4, 0.5) is 0 Å². The fourth-order valence-corrected chi connectivity index (χ4v) is 1.64. The lowest BCUT2D eigenvalue weighted by Crippen LogP contribution is -2.41. The summed E-state index contributed by atoms with van der Waals surface area (Å²) in [5, 5.41) is 11.0. The number of hydrogen-bond donors (Lipinski definition) is 0. The van der Waals surface area contributed by atoms with Crippen molar-refractivity contribution in [1.82, 2.24) is 0 Å². The number of hydrogen-bond acceptors (Lipinski definition) is 2. The predicted octanol–water partition coefficient (Wildman–Crippen LogP) is 2.29. The lowest BCUT2D eigenvalue weighted by Gasteiger charge is -2.32. The Balaban J connectivity index is 4.22. The van der Waals surface area contributed by atoms with E-state index in [2.05, 4.69) is 19.1 Å². The fourth-order valence-electron chi connectivity index (χ4n) is 1.64. The molecular weight excluding hydrogens is 176 g/mol. The molecule has 14 heavy (non-hydrogen) atoms. The third-order valence-electron chi connectivity index (χ3n) is 2.98. The van der Waals surface area contributed by atoms with Crippen LogP contribution in [0.3, 0.4) is 0 Å². The molecule has 0 heterocycles. The van der Waals surface area contributed by atoms with Crippen LogP contribution >= 0.6 is 0 Å². The average molecular weight is 197 g/mol. The fraction of sp³-hybridized carbons (Fsp3) is 0.750. The summed E-state index contributed by atoms with van der Waals surface area (Å²) in [7, 11) is 0. The minimum absolute atomic E-state index is 0.613. The van der Waals surface area contributed by atoms with Gasteiger partial charge >= 0.3 is 0 Å². The molecule has 0 amide bonds. The third-order valence-corrected chi connectivity index (χ3v) is 2.98. The number of allylic oxidation sites excluding steroid dienone is 2. The van der Waals surface area contributed by atoms with E-state index in [1.165, 1.54) is 0 Å². The van der Waals surface area contributed by atoms with Gasteiger partial charge in [-0.05, 0) is 32.1 Å². The second-order valence-electron chi connectivity index (χ2n) is 3.69. The van der Waals surface area contributed by atoms with Crippen LogP contribution in [0.2, 0.25) is 0 Å². The highest BCUT2D eigenvalue weighted by molar-refractivity contribution is 5.72. The Bertz CT molecular complexity index is 190. The first kappa shape index (κ1) is 13.2. The Morgan fingerprint density at radius 1 is 1.21 bits per heavy atom. The normalized spacial score (nSPS) is 12.2. The van der Waals surface area contributed by atoms with Crippen LogP contribution in [-0.2, 0) is 4.79 Å². The quantitative estimate of drug-likeness (QED) is 0.587. The van der Waals surface area contributed by atoms with Gasteiger partial charge in [-0.3, -0.25) is 0 Å². The monoisotopic (exact) mass is 197 g/mol. The molecular formula is C12H21O2-. The Morgan fingerprint density at radius 3 is 2.14 bits per heavy atom. The van der Waals surface area contributed by atoms with E-state index in [1.54, 1.807) is 0 Å². The molecule has 0 rings (SSSR count). The largest absolute Gasteiger partial charge is 0.550 e. The van der Waals surface area contributed by atoms with Crippen molar-refractivity contribution in [3.63, 3.8) is 0 Å². The second-order valence-corrected chi connectivity index (χ2v) is 3.69. The van der Waals surface area contributed by atoms with Gasteiger partial charge in [0.15, 0.2) is 0 Å². The number of carbonyl (C=O) groups is 1. The van der Waals surface area contributed by atoms with E-state index in [1.807, 2.05) is 13.8 Å². The van der Waals surface area contributed by atoms with Crippen molar-refractivity contribution in [2.75, 3.05) is 0 Å². The minimum atomic E-state index is -0.896. The standard InChI is InChI=1S/C12H22O2/c1-4-7-8-9-10-12(5-2,6-3)11(13)14/h7-8H,4-6,9-10H2,1-3H3,(H,13,14)/p-1. The molecule has 0 N–H and O–H groups in total. The summed E-state index contributed by atoms with van der Waals surface area (Å²) in [5.41, 5.74) is -0.613. The van der Waals surface area contributed by atoms with Crippen LogP contribution in [0.5, 0.6) is 0 Å². The van der Waals surface area contributed by atoms with E-state index in [9.17, 15) is 9.90 Å². The molecule has 0 aliphatic rings. The summed E-state index contributed by atoms with van der Waals surface area (Å²) >= 11 is 0. The number of rotatable bonds is 7. The molecule has 0 bridgehead atoms. The summed E-state index contributed by atoms with van der Waals surface area (Å²) in [4.78, 5) is 11.0. The summed E-state index contributed by atoms with van der Waals surface area (Å²) in [6, 6.07) is 0. The molecule has 0 atom stereocenters. The molecule has 2 nitrogen and oxygen atoms in total. The predicted molar refractivity (Wildman–Crippen MR) is 56.7 cm³/mol. The lowest BCUT2D eigenvalue weighted by atomic mass is 9.78. The van der Waals surface area contributed by atoms with Crippen molar-refractivity contribution < 1.29 is 9.90 Å². The van der Waals surface area contributed by atoms with E-state index in [0.717, 1.165) is 12.8 Å². The zero-order chi connectivity index (χ0) is 11.0. The van der Waals surface area contributed by atoms with Crippen molar-refractivity contribution in [2.45, 2.75) is 52.9 Å². The Hall–Kier alpha value is -0.790. The van der Waals surface area contributed by atoms with Crippen LogP contribution in [0.1, 0.15) is 52.9 Å². The highest BCUT2D eigenvalue weighted by Crippen LogP contribution is 2.31. The maximum atomic E-state index is 11.0. The van der Waals surface area contributed by atoms with E-state index in [-0.39, 0.29) is 0 Å². The Morgan fingerprint density at radius 2 is 1.79 bits per heavy atom. The zero-order valence-electron chi connectivity index (χ0n) is 9.51.